The Morgan fingerprint density at radius 2 is 2.17 bits per heavy atom. The number of hydrogen-bond donors (Lipinski definition) is 0. The predicted molar refractivity (Wildman–Crippen MR) is 72.9 cm³/mol. The van der Waals surface area contributed by atoms with E-state index in [1.165, 1.54) is 18.9 Å². The minimum absolute atomic E-state index is 0.263. The molecule has 1 heterocycles. The van der Waals surface area contributed by atoms with Gasteiger partial charge in [0.2, 0.25) is 0 Å². The van der Waals surface area contributed by atoms with E-state index < -0.39 is 0 Å². The zero-order valence-corrected chi connectivity index (χ0v) is 11.3. The van der Waals surface area contributed by atoms with Crippen LogP contribution in [0.5, 0.6) is 0 Å². The van der Waals surface area contributed by atoms with Crippen molar-refractivity contribution in [3.8, 4) is 6.07 Å². The summed E-state index contributed by atoms with van der Waals surface area (Å²) in [6.45, 7) is 2.72. The van der Waals surface area contributed by atoms with Crippen molar-refractivity contribution in [3.63, 3.8) is 0 Å². The molecule has 0 unspecified atom stereocenters. The molecule has 1 aromatic carbocycles. The molecule has 1 aliphatic heterocycles. The second-order valence-electron chi connectivity index (χ2n) is 4.63. The van der Waals surface area contributed by atoms with Crippen LogP contribution in [0, 0.1) is 17.1 Å². The smallest absolute Gasteiger partial charge is 0.129 e. The molecule has 0 spiro atoms. The highest BCUT2D eigenvalue weighted by Gasteiger charge is 2.19. The maximum absolute atomic E-state index is 13.8. The van der Waals surface area contributed by atoms with Gasteiger partial charge in [0.05, 0.1) is 11.6 Å². The van der Waals surface area contributed by atoms with Crippen LogP contribution in [-0.2, 0) is 6.54 Å². The number of rotatable bonds is 3. The molecule has 1 aromatic rings. The molecule has 18 heavy (non-hydrogen) atoms. The van der Waals surface area contributed by atoms with Gasteiger partial charge in [-0.1, -0.05) is 6.07 Å². The van der Waals surface area contributed by atoms with Crippen molar-refractivity contribution in [2.45, 2.75) is 24.6 Å². The third-order valence-corrected chi connectivity index (χ3v) is 4.58. The Morgan fingerprint density at radius 1 is 1.44 bits per heavy atom. The summed E-state index contributed by atoms with van der Waals surface area (Å²) in [6.07, 6.45) is 4.51. The molecular formula is C14H17FN2S. The molecule has 0 radical (unpaired) electrons. The van der Waals surface area contributed by atoms with Crippen LogP contribution in [0.25, 0.3) is 0 Å². The molecule has 0 bridgehead atoms. The molecule has 4 heteroatoms. The summed E-state index contributed by atoms with van der Waals surface area (Å²) < 4.78 is 13.8. The summed E-state index contributed by atoms with van der Waals surface area (Å²) in [5.41, 5.74) is 1.08. The van der Waals surface area contributed by atoms with Crippen LogP contribution in [0.4, 0.5) is 4.39 Å². The molecule has 0 aliphatic carbocycles. The van der Waals surface area contributed by atoms with Gasteiger partial charge >= 0.3 is 0 Å². The first-order valence-corrected chi connectivity index (χ1v) is 7.45. The van der Waals surface area contributed by atoms with E-state index in [4.69, 9.17) is 5.26 Å². The molecule has 0 amide bonds. The highest BCUT2D eigenvalue weighted by molar-refractivity contribution is 7.99. The normalized spacial score (nSPS) is 17.6. The second-order valence-corrected chi connectivity index (χ2v) is 5.77. The highest BCUT2D eigenvalue weighted by Crippen LogP contribution is 2.22. The lowest BCUT2D eigenvalue weighted by Gasteiger charge is -2.31. The molecule has 1 saturated heterocycles. The zero-order valence-electron chi connectivity index (χ0n) is 10.5. The third-order valence-electron chi connectivity index (χ3n) is 3.44. The average Bonchev–Trinajstić information content (AvgIpc) is 2.42. The Bertz CT molecular complexity index is 448. The Labute approximate surface area is 112 Å². The van der Waals surface area contributed by atoms with Gasteiger partial charge in [0.15, 0.2) is 0 Å². The minimum Gasteiger partial charge on any atom is -0.299 e. The second kappa shape index (κ2) is 6.21. The monoisotopic (exact) mass is 264 g/mol. The lowest BCUT2D eigenvalue weighted by atomic mass is 10.1. The fraction of sp³-hybridized carbons (Fsp3) is 0.500. The highest BCUT2D eigenvalue weighted by atomic mass is 32.2. The number of hydrogen-bond acceptors (Lipinski definition) is 3. The van der Waals surface area contributed by atoms with Crippen LogP contribution < -0.4 is 0 Å². The number of nitrogens with zero attached hydrogens (tertiary/aromatic N) is 2. The van der Waals surface area contributed by atoms with Crippen LogP contribution in [0.15, 0.2) is 18.2 Å². The number of halogens is 1. The van der Waals surface area contributed by atoms with Crippen LogP contribution in [0.2, 0.25) is 0 Å². The molecule has 1 fully saturated rings. The van der Waals surface area contributed by atoms with Crippen molar-refractivity contribution in [2.75, 3.05) is 19.3 Å². The van der Waals surface area contributed by atoms with Crippen molar-refractivity contribution < 1.29 is 4.39 Å². The quantitative estimate of drug-likeness (QED) is 0.839. The van der Waals surface area contributed by atoms with E-state index in [0.717, 1.165) is 18.3 Å². The van der Waals surface area contributed by atoms with Gasteiger partial charge in [-0.2, -0.15) is 17.0 Å². The van der Waals surface area contributed by atoms with Gasteiger partial charge in [-0.3, -0.25) is 4.90 Å². The zero-order chi connectivity index (χ0) is 13.0. The number of thioether (sulfide) groups is 1. The minimum atomic E-state index is -0.263. The fourth-order valence-electron chi connectivity index (χ4n) is 2.29. The number of likely N-dealkylation sites (tertiary alicyclic amines) is 1. The Hall–Kier alpha value is -1.05. The van der Waals surface area contributed by atoms with Crippen LogP contribution >= 0.6 is 11.8 Å². The lowest BCUT2D eigenvalue weighted by Crippen LogP contribution is -2.34. The summed E-state index contributed by atoms with van der Waals surface area (Å²) >= 11 is 1.93. The first kappa shape index (κ1) is 13.4. The molecular weight excluding hydrogens is 247 g/mol. The molecule has 2 rings (SSSR count). The average molecular weight is 264 g/mol. The van der Waals surface area contributed by atoms with E-state index in [1.807, 2.05) is 17.8 Å². The largest absolute Gasteiger partial charge is 0.299 e. The fourth-order valence-corrected chi connectivity index (χ4v) is 2.97. The van der Waals surface area contributed by atoms with Crippen molar-refractivity contribution in [3.05, 3.63) is 35.1 Å². The third kappa shape index (κ3) is 3.24. The van der Waals surface area contributed by atoms with Crippen LogP contribution in [0.3, 0.4) is 0 Å². The predicted octanol–water partition coefficient (Wildman–Crippen LogP) is 3.02. The maximum Gasteiger partial charge on any atom is 0.129 e. The van der Waals surface area contributed by atoms with E-state index in [-0.39, 0.29) is 5.82 Å². The molecule has 2 nitrogen and oxygen atoms in total. The van der Waals surface area contributed by atoms with Gasteiger partial charge in [0, 0.05) is 17.4 Å². The topological polar surface area (TPSA) is 27.0 Å². The molecule has 0 saturated carbocycles. The number of piperidine rings is 1. The molecule has 0 atom stereocenters. The number of nitriles is 1. The molecule has 96 valence electrons. The summed E-state index contributed by atoms with van der Waals surface area (Å²) in [7, 11) is 0. The molecule has 0 aromatic heterocycles. The Morgan fingerprint density at radius 3 is 2.72 bits per heavy atom. The van der Waals surface area contributed by atoms with E-state index in [9.17, 15) is 4.39 Å². The van der Waals surface area contributed by atoms with Gasteiger partial charge < -0.3 is 0 Å². The molecule has 1 aliphatic rings. The van der Waals surface area contributed by atoms with Gasteiger partial charge in [-0.05, 0) is 44.3 Å². The van der Waals surface area contributed by atoms with Gasteiger partial charge in [0.25, 0.3) is 0 Å². The SMILES string of the molecule is CSC1CCN(Cc2ccc(C#N)cc2F)CC1. The van der Waals surface area contributed by atoms with Crippen LogP contribution in [-0.4, -0.2) is 29.5 Å². The van der Waals surface area contributed by atoms with Crippen LogP contribution in [0.1, 0.15) is 24.0 Å². The first-order valence-electron chi connectivity index (χ1n) is 6.16. The van der Waals surface area contributed by atoms with Crippen molar-refractivity contribution >= 4 is 11.8 Å². The van der Waals surface area contributed by atoms with E-state index >= 15 is 0 Å². The molecule has 0 N–H and O–H groups in total. The standard InChI is InChI=1S/C14H17FN2S/c1-18-13-4-6-17(7-5-13)10-12-3-2-11(9-16)8-14(12)15/h2-3,8,13H,4-7,10H2,1H3. The first-order chi connectivity index (χ1) is 8.72. The Kier molecular flexibility index (Phi) is 4.62. The van der Waals surface area contributed by atoms with Crippen molar-refractivity contribution in [1.29, 1.82) is 5.26 Å². The van der Waals surface area contributed by atoms with Crippen molar-refractivity contribution in [1.82, 2.24) is 4.90 Å². The van der Waals surface area contributed by atoms with Gasteiger partial charge in [-0.25, -0.2) is 4.39 Å². The summed E-state index contributed by atoms with van der Waals surface area (Å²) in [5, 5.41) is 9.46. The van der Waals surface area contributed by atoms with Gasteiger partial charge in [0.1, 0.15) is 5.82 Å². The van der Waals surface area contributed by atoms with E-state index in [2.05, 4.69) is 11.2 Å². The lowest BCUT2D eigenvalue weighted by molar-refractivity contribution is 0.222. The van der Waals surface area contributed by atoms with Gasteiger partial charge in [-0.15, -0.1) is 0 Å². The van der Waals surface area contributed by atoms with E-state index in [0.29, 0.717) is 17.7 Å². The number of benzene rings is 1. The van der Waals surface area contributed by atoms with E-state index in [1.54, 1.807) is 12.1 Å². The Balaban J connectivity index is 1.96. The summed E-state index contributed by atoms with van der Waals surface area (Å²) in [5.74, 6) is -0.263. The maximum atomic E-state index is 13.8. The summed E-state index contributed by atoms with van der Waals surface area (Å²) in [6, 6.07) is 6.70. The van der Waals surface area contributed by atoms with Crippen molar-refractivity contribution in [2.24, 2.45) is 0 Å². The summed E-state index contributed by atoms with van der Waals surface area (Å²) in [4.78, 5) is 2.29.